The average molecular weight is 465 g/mol. The predicted molar refractivity (Wildman–Crippen MR) is 124 cm³/mol. The summed E-state index contributed by atoms with van der Waals surface area (Å²) in [6, 6.07) is 15.0. The van der Waals surface area contributed by atoms with Crippen LogP contribution in [0.2, 0.25) is 5.02 Å². The summed E-state index contributed by atoms with van der Waals surface area (Å²) in [6.45, 7) is 2.35. The van der Waals surface area contributed by atoms with Gasteiger partial charge in [-0.1, -0.05) is 41.9 Å². The summed E-state index contributed by atoms with van der Waals surface area (Å²) < 4.78 is 0. The van der Waals surface area contributed by atoms with E-state index >= 15 is 0 Å². The molecule has 3 aliphatic rings. The van der Waals surface area contributed by atoms with Crippen LogP contribution < -0.4 is 0 Å². The molecule has 4 heterocycles. The zero-order chi connectivity index (χ0) is 22.7. The number of benzene rings is 2. The highest BCUT2D eigenvalue weighted by atomic mass is 35.5. The lowest BCUT2D eigenvalue weighted by Crippen LogP contribution is -2.81. The number of hydrogen-bond donors (Lipinski definition) is 2. The lowest BCUT2D eigenvalue weighted by molar-refractivity contribution is -0.181. The number of H-pyrrole nitrogens is 1. The zero-order valence-electron chi connectivity index (χ0n) is 18.1. The van der Waals surface area contributed by atoms with Crippen molar-refractivity contribution in [1.29, 1.82) is 0 Å². The fourth-order valence-corrected chi connectivity index (χ4v) is 5.98. The van der Waals surface area contributed by atoms with Crippen molar-refractivity contribution in [2.24, 2.45) is 0 Å². The van der Waals surface area contributed by atoms with Gasteiger partial charge in [-0.2, -0.15) is 0 Å². The summed E-state index contributed by atoms with van der Waals surface area (Å²) in [5.74, 6) is -0.398. The Balaban J connectivity index is 1.26. The molecule has 0 aliphatic carbocycles. The van der Waals surface area contributed by atoms with Crippen LogP contribution in [-0.2, 0) is 22.7 Å². The molecular weight excluding hydrogens is 440 g/mol. The molecule has 3 aromatic rings. The minimum Gasteiger partial charge on any atom is -0.392 e. The molecule has 0 radical (unpaired) electrons. The standard InChI is InChI=1S/C25H25ClN4O3/c26-18-5-3-4-16(8-18)11-29-23(32)22-9-19(31)13-30(22)25(24(29)33)14-28(15-25)12-17-10-27-21-7-2-1-6-20(17)21/h1-8,10,19,22,27,31H,9,11-15H2/t19-,22+/m1/s1. The number of carbonyl (C=O) groups is 2. The molecule has 7 nitrogen and oxygen atoms in total. The number of fused-ring (bicyclic) bond motifs is 3. The van der Waals surface area contributed by atoms with Gasteiger partial charge >= 0.3 is 0 Å². The molecular formula is C25H25ClN4O3. The van der Waals surface area contributed by atoms with E-state index in [0.717, 1.165) is 17.6 Å². The molecule has 0 unspecified atom stereocenters. The third-order valence-corrected chi connectivity index (χ3v) is 7.53. The number of amides is 2. The first-order chi connectivity index (χ1) is 15.9. The van der Waals surface area contributed by atoms with E-state index in [-0.39, 0.29) is 18.4 Å². The van der Waals surface area contributed by atoms with Crippen molar-refractivity contribution in [2.75, 3.05) is 19.6 Å². The summed E-state index contributed by atoms with van der Waals surface area (Å²) in [4.78, 5) is 35.9. The van der Waals surface area contributed by atoms with Crippen molar-refractivity contribution in [3.63, 3.8) is 0 Å². The highest BCUT2D eigenvalue weighted by Crippen LogP contribution is 2.41. The number of halogens is 1. The van der Waals surface area contributed by atoms with E-state index < -0.39 is 17.7 Å². The second kappa shape index (κ2) is 7.67. The molecule has 1 aromatic heterocycles. The van der Waals surface area contributed by atoms with Crippen LogP contribution in [0.4, 0.5) is 0 Å². The largest absolute Gasteiger partial charge is 0.392 e. The van der Waals surface area contributed by atoms with Crippen LogP contribution in [0.3, 0.4) is 0 Å². The lowest BCUT2D eigenvalue weighted by Gasteiger charge is -2.58. The number of aromatic amines is 1. The molecule has 2 aromatic carbocycles. The summed E-state index contributed by atoms with van der Waals surface area (Å²) in [7, 11) is 0. The van der Waals surface area contributed by atoms with Gasteiger partial charge in [0.15, 0.2) is 0 Å². The smallest absolute Gasteiger partial charge is 0.252 e. The molecule has 1 spiro atoms. The number of likely N-dealkylation sites (tertiary alicyclic amines) is 1. The summed E-state index contributed by atoms with van der Waals surface area (Å²) in [6.07, 6.45) is 1.79. The second-order valence-corrected chi connectivity index (χ2v) is 9.89. The fraction of sp³-hybridized carbons (Fsp3) is 0.360. The lowest BCUT2D eigenvalue weighted by atomic mass is 9.82. The van der Waals surface area contributed by atoms with Crippen molar-refractivity contribution in [1.82, 2.24) is 19.7 Å². The highest BCUT2D eigenvalue weighted by molar-refractivity contribution is 6.30. The maximum atomic E-state index is 13.8. The average Bonchev–Trinajstić information content (AvgIpc) is 3.36. The van der Waals surface area contributed by atoms with Crippen molar-refractivity contribution >= 4 is 34.3 Å². The van der Waals surface area contributed by atoms with E-state index in [1.807, 2.05) is 35.4 Å². The number of rotatable bonds is 4. The Morgan fingerprint density at radius 3 is 2.73 bits per heavy atom. The quantitative estimate of drug-likeness (QED) is 0.579. The number of para-hydroxylation sites is 1. The number of carbonyl (C=O) groups excluding carboxylic acids is 2. The van der Waals surface area contributed by atoms with E-state index in [4.69, 9.17) is 11.6 Å². The maximum absolute atomic E-state index is 13.8. The molecule has 2 N–H and O–H groups in total. The Bertz CT molecular complexity index is 1250. The highest BCUT2D eigenvalue weighted by Gasteiger charge is 2.64. The van der Waals surface area contributed by atoms with Gasteiger partial charge in [0, 0.05) is 48.3 Å². The fourth-order valence-electron chi connectivity index (χ4n) is 5.77. The number of nitrogens with one attached hydrogen (secondary N) is 1. The number of piperazine rings is 1. The van der Waals surface area contributed by atoms with Crippen LogP contribution in [0.15, 0.2) is 54.7 Å². The van der Waals surface area contributed by atoms with Gasteiger partial charge < -0.3 is 10.1 Å². The number of β-amino-alcohol motifs (C(OH)–C–C–N with tert-alkyl or cyclic N) is 1. The van der Waals surface area contributed by atoms with Crippen molar-refractivity contribution < 1.29 is 14.7 Å². The van der Waals surface area contributed by atoms with Gasteiger partial charge in [0.1, 0.15) is 5.54 Å². The number of imide groups is 1. The van der Waals surface area contributed by atoms with Crippen LogP contribution in [0.5, 0.6) is 0 Å². The van der Waals surface area contributed by atoms with Crippen molar-refractivity contribution in [3.8, 4) is 0 Å². The number of aliphatic hydroxyl groups is 1. The van der Waals surface area contributed by atoms with Gasteiger partial charge in [-0.15, -0.1) is 0 Å². The molecule has 33 heavy (non-hydrogen) atoms. The maximum Gasteiger partial charge on any atom is 0.252 e. The van der Waals surface area contributed by atoms with Crippen LogP contribution in [-0.4, -0.2) is 73.9 Å². The second-order valence-electron chi connectivity index (χ2n) is 9.45. The number of hydrogen-bond acceptors (Lipinski definition) is 5. The molecule has 3 aliphatic heterocycles. The Labute approximate surface area is 196 Å². The van der Waals surface area contributed by atoms with Crippen LogP contribution in [0.25, 0.3) is 10.9 Å². The molecule has 0 saturated carbocycles. The molecule has 0 bridgehead atoms. The van der Waals surface area contributed by atoms with Gasteiger partial charge in [0.25, 0.3) is 5.91 Å². The first-order valence-corrected chi connectivity index (χ1v) is 11.6. The molecule has 170 valence electrons. The third-order valence-electron chi connectivity index (χ3n) is 7.29. The van der Waals surface area contributed by atoms with Gasteiger partial charge in [0.2, 0.25) is 5.91 Å². The number of aromatic nitrogens is 1. The van der Waals surface area contributed by atoms with Crippen molar-refractivity contribution in [2.45, 2.75) is 37.2 Å². The topological polar surface area (TPSA) is 79.9 Å². The van der Waals surface area contributed by atoms with Crippen LogP contribution >= 0.6 is 11.6 Å². The van der Waals surface area contributed by atoms with Gasteiger partial charge in [0.05, 0.1) is 18.7 Å². The molecule has 3 fully saturated rings. The number of nitrogens with zero attached hydrogens (tertiary/aromatic N) is 3. The zero-order valence-corrected chi connectivity index (χ0v) is 18.8. The normalized spacial score (nSPS) is 25.1. The minimum atomic E-state index is -0.777. The van der Waals surface area contributed by atoms with E-state index in [9.17, 15) is 14.7 Å². The summed E-state index contributed by atoms with van der Waals surface area (Å²) in [5, 5.41) is 12.1. The molecule has 8 heteroatoms. The SMILES string of the molecule is O=C1[C@@H]2C[C@@H](O)CN2C2(CN(Cc3c[nH]c4ccccc34)C2)C(=O)N1Cc1cccc(Cl)c1. The number of aliphatic hydroxyl groups excluding tert-OH is 1. The van der Waals surface area contributed by atoms with Crippen LogP contribution in [0.1, 0.15) is 17.5 Å². The first kappa shape index (κ1) is 20.9. The predicted octanol–water partition coefficient (Wildman–Crippen LogP) is 2.38. The summed E-state index contributed by atoms with van der Waals surface area (Å²) in [5.41, 5.74) is 2.33. The van der Waals surface area contributed by atoms with E-state index in [0.29, 0.717) is 31.1 Å². The Morgan fingerprint density at radius 2 is 1.91 bits per heavy atom. The Kier molecular flexibility index (Phi) is 4.85. The van der Waals surface area contributed by atoms with Gasteiger partial charge in [-0.3, -0.25) is 24.3 Å². The third kappa shape index (κ3) is 3.30. The van der Waals surface area contributed by atoms with E-state index in [2.05, 4.69) is 22.0 Å². The van der Waals surface area contributed by atoms with Gasteiger partial charge in [-0.25, -0.2) is 0 Å². The van der Waals surface area contributed by atoms with E-state index in [1.165, 1.54) is 15.8 Å². The molecule has 2 amide bonds. The Hall–Kier alpha value is -2.71. The van der Waals surface area contributed by atoms with Crippen LogP contribution in [0, 0.1) is 0 Å². The van der Waals surface area contributed by atoms with Gasteiger partial charge in [-0.05, 0) is 35.7 Å². The first-order valence-electron chi connectivity index (χ1n) is 11.3. The van der Waals surface area contributed by atoms with Crippen molar-refractivity contribution in [3.05, 3.63) is 70.9 Å². The van der Waals surface area contributed by atoms with E-state index in [1.54, 1.807) is 12.1 Å². The molecule has 6 rings (SSSR count). The minimum absolute atomic E-state index is 0.173. The Morgan fingerprint density at radius 1 is 1.09 bits per heavy atom. The molecule has 3 saturated heterocycles. The molecule has 2 atom stereocenters. The monoisotopic (exact) mass is 464 g/mol. The summed E-state index contributed by atoms with van der Waals surface area (Å²) >= 11 is 6.13.